The second kappa shape index (κ2) is 9.78. The number of nitrogens with one attached hydrogen (secondary N) is 1. The van der Waals surface area contributed by atoms with Crippen molar-refractivity contribution in [3.05, 3.63) is 71.1 Å². The predicted octanol–water partition coefficient (Wildman–Crippen LogP) is 3.79. The lowest BCUT2D eigenvalue weighted by Gasteiger charge is -2.27. The first-order valence-corrected chi connectivity index (χ1v) is 10.9. The van der Waals surface area contributed by atoms with Gasteiger partial charge in [0.1, 0.15) is 18.1 Å². The number of rotatable bonds is 6. The summed E-state index contributed by atoms with van der Waals surface area (Å²) in [6.45, 7) is 5.20. The average Bonchev–Trinajstić information content (AvgIpc) is 3.07. The van der Waals surface area contributed by atoms with Crippen LogP contribution in [0.4, 0.5) is 11.4 Å². The zero-order valence-corrected chi connectivity index (χ0v) is 19.2. The molecule has 1 aliphatic heterocycles. The van der Waals surface area contributed by atoms with E-state index in [0.717, 1.165) is 11.3 Å². The molecular formula is C25H25N3O6. The molecular weight excluding hydrogens is 438 g/mol. The van der Waals surface area contributed by atoms with Gasteiger partial charge in [-0.05, 0) is 51.1 Å². The summed E-state index contributed by atoms with van der Waals surface area (Å²) in [7, 11) is 0. The fraction of sp³-hybridized carbons (Fsp3) is 0.280. The number of fused-ring (bicyclic) bond motifs is 1. The van der Waals surface area contributed by atoms with E-state index < -0.39 is 24.5 Å². The van der Waals surface area contributed by atoms with E-state index in [9.17, 15) is 14.4 Å². The first-order chi connectivity index (χ1) is 16.3. The molecule has 0 fully saturated rings. The van der Waals surface area contributed by atoms with Crippen LogP contribution in [0.2, 0.25) is 0 Å². The van der Waals surface area contributed by atoms with Crippen LogP contribution in [0.25, 0.3) is 0 Å². The van der Waals surface area contributed by atoms with Gasteiger partial charge in [-0.2, -0.15) is 0 Å². The van der Waals surface area contributed by atoms with Crippen molar-refractivity contribution in [3.8, 4) is 5.75 Å². The predicted molar refractivity (Wildman–Crippen MR) is 124 cm³/mol. The van der Waals surface area contributed by atoms with Crippen LogP contribution in [0.15, 0.2) is 53.1 Å². The Morgan fingerprint density at radius 3 is 2.74 bits per heavy atom. The van der Waals surface area contributed by atoms with E-state index in [4.69, 9.17) is 14.0 Å². The number of carbonyl (C=O) groups is 3. The topological polar surface area (TPSA) is 111 Å². The molecule has 1 unspecified atom stereocenters. The van der Waals surface area contributed by atoms with E-state index in [1.807, 2.05) is 6.92 Å². The average molecular weight is 463 g/mol. The number of esters is 1. The molecule has 1 N–H and O–H groups in total. The largest absolute Gasteiger partial charge is 0.489 e. The third kappa shape index (κ3) is 4.93. The molecule has 9 nitrogen and oxygen atoms in total. The van der Waals surface area contributed by atoms with E-state index in [-0.39, 0.29) is 24.5 Å². The van der Waals surface area contributed by atoms with Gasteiger partial charge in [0.25, 0.3) is 5.91 Å². The monoisotopic (exact) mass is 463 g/mol. The summed E-state index contributed by atoms with van der Waals surface area (Å²) in [5.41, 5.74) is 2.95. The highest BCUT2D eigenvalue weighted by molar-refractivity contribution is 6.05. The van der Waals surface area contributed by atoms with Crippen molar-refractivity contribution in [2.24, 2.45) is 0 Å². The van der Waals surface area contributed by atoms with E-state index in [1.54, 1.807) is 62.4 Å². The summed E-state index contributed by atoms with van der Waals surface area (Å²) in [6, 6.07) is 13.2. The minimum atomic E-state index is -0.652. The van der Waals surface area contributed by atoms with Crippen molar-refractivity contribution in [2.45, 2.75) is 39.8 Å². The van der Waals surface area contributed by atoms with Gasteiger partial charge in [-0.15, -0.1) is 0 Å². The fourth-order valence-corrected chi connectivity index (χ4v) is 3.82. The molecule has 3 aromatic rings. The number of ether oxygens (including phenoxy) is 2. The number of nitrogens with zero attached hydrogens (tertiary/aromatic N) is 2. The van der Waals surface area contributed by atoms with Gasteiger partial charge in [0, 0.05) is 12.5 Å². The first-order valence-electron chi connectivity index (χ1n) is 10.9. The smallest absolute Gasteiger partial charge is 0.338 e. The Labute approximate surface area is 196 Å². The van der Waals surface area contributed by atoms with Crippen LogP contribution in [0.3, 0.4) is 0 Å². The molecule has 0 bridgehead atoms. The van der Waals surface area contributed by atoms with Crippen molar-refractivity contribution >= 4 is 29.2 Å². The van der Waals surface area contributed by atoms with E-state index in [0.29, 0.717) is 22.9 Å². The third-order valence-corrected chi connectivity index (χ3v) is 5.59. The molecule has 176 valence electrons. The number of para-hydroxylation sites is 2. The maximum absolute atomic E-state index is 13.0. The fourth-order valence-electron chi connectivity index (χ4n) is 3.82. The maximum atomic E-state index is 13.0. The number of hydrogen-bond acceptors (Lipinski definition) is 7. The van der Waals surface area contributed by atoms with Crippen molar-refractivity contribution in [3.63, 3.8) is 0 Å². The van der Waals surface area contributed by atoms with E-state index >= 15 is 0 Å². The van der Waals surface area contributed by atoms with Gasteiger partial charge >= 0.3 is 5.97 Å². The molecule has 0 spiro atoms. The van der Waals surface area contributed by atoms with Gasteiger partial charge in [-0.25, -0.2) is 4.79 Å². The lowest BCUT2D eigenvalue weighted by atomic mass is 10.1. The van der Waals surface area contributed by atoms with Crippen LogP contribution in [0.1, 0.15) is 40.7 Å². The van der Waals surface area contributed by atoms with E-state index in [2.05, 4.69) is 10.5 Å². The standard InChI is InChI=1S/C25H25N3O6/c1-15-11-23(29)26-21-9-4-5-10-22(21)28(15)24(30)14-33-25(31)18-7-6-8-19(12-18)32-13-20-16(2)27-34-17(20)3/h4-10,12,15H,11,13-14H2,1-3H3,(H,26,29). The number of benzene rings is 2. The van der Waals surface area contributed by atoms with Crippen LogP contribution in [-0.4, -0.2) is 35.6 Å². The van der Waals surface area contributed by atoms with Crippen LogP contribution in [-0.2, 0) is 20.9 Å². The summed E-state index contributed by atoms with van der Waals surface area (Å²) in [4.78, 5) is 39.2. The quantitative estimate of drug-likeness (QED) is 0.554. The van der Waals surface area contributed by atoms with Gasteiger partial charge in [0.2, 0.25) is 5.91 Å². The Bertz CT molecular complexity index is 1220. The lowest BCUT2D eigenvalue weighted by Crippen LogP contribution is -2.41. The number of amides is 2. The maximum Gasteiger partial charge on any atom is 0.338 e. The Morgan fingerprint density at radius 2 is 1.97 bits per heavy atom. The molecule has 4 rings (SSSR count). The van der Waals surface area contributed by atoms with Gasteiger partial charge in [-0.1, -0.05) is 23.4 Å². The van der Waals surface area contributed by atoms with Crippen LogP contribution < -0.4 is 15.0 Å². The summed E-state index contributed by atoms with van der Waals surface area (Å²) < 4.78 is 16.2. The Hall–Kier alpha value is -4.14. The molecule has 2 heterocycles. The number of aromatic nitrogens is 1. The molecule has 2 aromatic carbocycles. The zero-order chi connectivity index (χ0) is 24.2. The Morgan fingerprint density at radius 1 is 1.18 bits per heavy atom. The van der Waals surface area contributed by atoms with Crippen LogP contribution in [0.5, 0.6) is 5.75 Å². The highest BCUT2D eigenvalue weighted by atomic mass is 16.5. The van der Waals surface area contributed by atoms with E-state index in [1.165, 1.54) is 4.90 Å². The van der Waals surface area contributed by atoms with Crippen molar-refractivity contribution < 1.29 is 28.4 Å². The highest BCUT2D eigenvalue weighted by Crippen LogP contribution is 2.31. The normalized spacial score (nSPS) is 15.2. The number of anilines is 2. The molecule has 0 saturated carbocycles. The minimum Gasteiger partial charge on any atom is -0.489 e. The molecule has 0 aliphatic carbocycles. The molecule has 0 saturated heterocycles. The van der Waals surface area contributed by atoms with Gasteiger partial charge in [0.15, 0.2) is 6.61 Å². The Kier molecular flexibility index (Phi) is 6.62. The molecule has 9 heteroatoms. The summed E-state index contributed by atoms with van der Waals surface area (Å²) in [5, 5.41) is 6.69. The highest BCUT2D eigenvalue weighted by Gasteiger charge is 2.30. The molecule has 1 aliphatic rings. The van der Waals surface area contributed by atoms with Crippen LogP contribution >= 0.6 is 0 Å². The lowest BCUT2D eigenvalue weighted by molar-refractivity contribution is -0.122. The number of aryl methyl sites for hydroxylation is 2. The molecule has 1 aromatic heterocycles. The van der Waals surface area contributed by atoms with Gasteiger partial charge in [-0.3, -0.25) is 9.59 Å². The Balaban J connectivity index is 1.41. The summed E-state index contributed by atoms with van der Waals surface area (Å²) >= 11 is 0. The summed E-state index contributed by atoms with van der Waals surface area (Å²) in [5.74, 6) is -0.106. The number of carbonyl (C=O) groups excluding carboxylic acids is 3. The molecule has 0 radical (unpaired) electrons. The van der Waals surface area contributed by atoms with Gasteiger partial charge < -0.3 is 24.2 Å². The molecule has 1 atom stereocenters. The number of hydrogen-bond donors (Lipinski definition) is 1. The minimum absolute atomic E-state index is 0.138. The first kappa shape index (κ1) is 23.0. The van der Waals surface area contributed by atoms with Crippen LogP contribution in [0, 0.1) is 13.8 Å². The van der Waals surface area contributed by atoms with Crippen molar-refractivity contribution in [1.82, 2.24) is 5.16 Å². The third-order valence-electron chi connectivity index (χ3n) is 5.59. The van der Waals surface area contributed by atoms with Crippen molar-refractivity contribution in [2.75, 3.05) is 16.8 Å². The second-order valence-electron chi connectivity index (χ2n) is 8.08. The molecule has 2 amide bonds. The second-order valence-corrected chi connectivity index (χ2v) is 8.08. The van der Waals surface area contributed by atoms with Gasteiger partial charge in [0.05, 0.1) is 28.2 Å². The SMILES string of the molecule is Cc1noc(C)c1COc1cccc(C(=O)OCC(=O)N2c3ccccc3NC(=O)CC2C)c1. The van der Waals surface area contributed by atoms with Crippen molar-refractivity contribution in [1.29, 1.82) is 0 Å². The zero-order valence-electron chi connectivity index (χ0n) is 19.2. The molecule has 34 heavy (non-hydrogen) atoms. The summed E-state index contributed by atoms with van der Waals surface area (Å²) in [6.07, 6.45) is 0.138.